The second kappa shape index (κ2) is 5.71. The SMILES string of the molecule is CC1CC(N2CC(C3CC3)NCC2C(C)C)CCO1. The van der Waals surface area contributed by atoms with Crippen LogP contribution in [-0.4, -0.2) is 48.8 Å². The quantitative estimate of drug-likeness (QED) is 0.848. The number of ether oxygens (including phenoxy) is 1. The third-order valence-electron chi connectivity index (χ3n) is 5.31. The van der Waals surface area contributed by atoms with Crippen LogP contribution >= 0.6 is 0 Å². The third-order valence-corrected chi connectivity index (χ3v) is 5.31. The van der Waals surface area contributed by atoms with E-state index < -0.39 is 0 Å². The van der Waals surface area contributed by atoms with Crippen molar-refractivity contribution in [2.45, 2.75) is 70.7 Å². The predicted molar refractivity (Wildman–Crippen MR) is 78.3 cm³/mol. The van der Waals surface area contributed by atoms with Gasteiger partial charge in [0.15, 0.2) is 0 Å². The number of nitrogens with zero attached hydrogens (tertiary/aromatic N) is 1. The van der Waals surface area contributed by atoms with Crippen molar-refractivity contribution in [2.24, 2.45) is 11.8 Å². The fourth-order valence-corrected chi connectivity index (χ4v) is 3.94. The van der Waals surface area contributed by atoms with Crippen LogP contribution in [-0.2, 0) is 4.74 Å². The lowest BCUT2D eigenvalue weighted by molar-refractivity contribution is -0.0456. The molecule has 0 aromatic rings. The molecule has 0 radical (unpaired) electrons. The molecule has 0 aromatic carbocycles. The zero-order valence-electron chi connectivity index (χ0n) is 12.8. The van der Waals surface area contributed by atoms with E-state index in [9.17, 15) is 0 Å². The van der Waals surface area contributed by atoms with Crippen molar-refractivity contribution in [1.82, 2.24) is 10.2 Å². The maximum Gasteiger partial charge on any atom is 0.0561 e. The standard InChI is InChI=1S/C16H30N2O/c1-11(2)16-9-17-15(13-4-5-13)10-18(16)14-6-7-19-12(3)8-14/h11-17H,4-10H2,1-3H3. The van der Waals surface area contributed by atoms with Gasteiger partial charge in [-0.25, -0.2) is 0 Å². The first kappa shape index (κ1) is 13.8. The van der Waals surface area contributed by atoms with Gasteiger partial charge in [-0.2, -0.15) is 0 Å². The molecule has 3 fully saturated rings. The van der Waals surface area contributed by atoms with Gasteiger partial charge in [0.05, 0.1) is 6.10 Å². The maximum absolute atomic E-state index is 5.74. The van der Waals surface area contributed by atoms with Crippen LogP contribution in [0.3, 0.4) is 0 Å². The van der Waals surface area contributed by atoms with Gasteiger partial charge in [-0.15, -0.1) is 0 Å². The third kappa shape index (κ3) is 3.14. The van der Waals surface area contributed by atoms with E-state index in [1.54, 1.807) is 0 Å². The summed E-state index contributed by atoms with van der Waals surface area (Å²) < 4.78 is 5.74. The van der Waals surface area contributed by atoms with E-state index in [0.717, 1.165) is 30.5 Å². The van der Waals surface area contributed by atoms with E-state index in [1.165, 1.54) is 38.8 Å². The van der Waals surface area contributed by atoms with Crippen molar-refractivity contribution in [3.63, 3.8) is 0 Å². The minimum Gasteiger partial charge on any atom is -0.378 e. The molecule has 1 saturated carbocycles. The summed E-state index contributed by atoms with van der Waals surface area (Å²) in [5, 5.41) is 3.82. The van der Waals surface area contributed by atoms with Crippen LogP contribution in [0.15, 0.2) is 0 Å². The Balaban J connectivity index is 1.68. The molecule has 0 amide bonds. The highest BCUT2D eigenvalue weighted by molar-refractivity contribution is 4.97. The second-order valence-electron chi connectivity index (χ2n) is 7.22. The van der Waals surface area contributed by atoms with Crippen molar-refractivity contribution < 1.29 is 4.74 Å². The molecule has 0 aromatic heterocycles. The summed E-state index contributed by atoms with van der Waals surface area (Å²) >= 11 is 0. The Hall–Kier alpha value is -0.120. The van der Waals surface area contributed by atoms with Crippen molar-refractivity contribution in [3.05, 3.63) is 0 Å². The minimum absolute atomic E-state index is 0.445. The van der Waals surface area contributed by atoms with Gasteiger partial charge in [0.1, 0.15) is 0 Å². The highest BCUT2D eigenvalue weighted by Crippen LogP contribution is 2.36. The largest absolute Gasteiger partial charge is 0.378 e. The number of piperazine rings is 1. The minimum atomic E-state index is 0.445. The van der Waals surface area contributed by atoms with Crippen molar-refractivity contribution in [3.8, 4) is 0 Å². The van der Waals surface area contributed by atoms with Crippen LogP contribution in [0.2, 0.25) is 0 Å². The Morgan fingerprint density at radius 2 is 2.00 bits per heavy atom. The molecule has 4 unspecified atom stereocenters. The Kier molecular flexibility index (Phi) is 4.16. The molecule has 3 heteroatoms. The van der Waals surface area contributed by atoms with Crippen molar-refractivity contribution in [2.75, 3.05) is 19.7 Å². The summed E-state index contributed by atoms with van der Waals surface area (Å²) in [5.74, 6) is 1.71. The topological polar surface area (TPSA) is 24.5 Å². The normalized spacial score (nSPS) is 41.7. The van der Waals surface area contributed by atoms with Gasteiger partial charge in [0.25, 0.3) is 0 Å². The van der Waals surface area contributed by atoms with Crippen LogP contribution in [0.5, 0.6) is 0 Å². The Bertz CT molecular complexity index is 303. The van der Waals surface area contributed by atoms with Gasteiger partial charge in [0.2, 0.25) is 0 Å². The van der Waals surface area contributed by atoms with E-state index in [4.69, 9.17) is 4.74 Å². The van der Waals surface area contributed by atoms with Crippen LogP contribution in [0.4, 0.5) is 0 Å². The highest BCUT2D eigenvalue weighted by Gasteiger charge is 2.41. The first-order valence-electron chi connectivity index (χ1n) is 8.26. The van der Waals surface area contributed by atoms with E-state index in [-0.39, 0.29) is 0 Å². The van der Waals surface area contributed by atoms with E-state index in [1.807, 2.05) is 0 Å². The molecule has 0 spiro atoms. The van der Waals surface area contributed by atoms with Crippen LogP contribution in [0.25, 0.3) is 0 Å². The maximum atomic E-state index is 5.74. The lowest BCUT2D eigenvalue weighted by Crippen LogP contribution is -2.62. The highest BCUT2D eigenvalue weighted by atomic mass is 16.5. The van der Waals surface area contributed by atoms with Gasteiger partial charge in [-0.3, -0.25) is 4.90 Å². The monoisotopic (exact) mass is 266 g/mol. The van der Waals surface area contributed by atoms with Crippen molar-refractivity contribution in [1.29, 1.82) is 0 Å². The van der Waals surface area contributed by atoms with Crippen LogP contribution < -0.4 is 5.32 Å². The number of rotatable bonds is 3. The molecular formula is C16H30N2O. The molecule has 2 saturated heterocycles. The van der Waals surface area contributed by atoms with Crippen molar-refractivity contribution >= 4 is 0 Å². The lowest BCUT2D eigenvalue weighted by Gasteiger charge is -2.48. The average molecular weight is 266 g/mol. The molecule has 3 rings (SSSR count). The van der Waals surface area contributed by atoms with Crippen LogP contribution in [0, 0.1) is 11.8 Å². The van der Waals surface area contributed by atoms with E-state index in [2.05, 4.69) is 31.0 Å². The first-order valence-corrected chi connectivity index (χ1v) is 8.26. The van der Waals surface area contributed by atoms with E-state index in [0.29, 0.717) is 12.1 Å². The van der Waals surface area contributed by atoms with Gasteiger partial charge >= 0.3 is 0 Å². The van der Waals surface area contributed by atoms with Gasteiger partial charge in [-0.05, 0) is 44.4 Å². The molecule has 110 valence electrons. The number of nitrogens with one attached hydrogen (secondary N) is 1. The molecule has 3 aliphatic rings. The van der Waals surface area contributed by atoms with E-state index >= 15 is 0 Å². The Morgan fingerprint density at radius 3 is 2.63 bits per heavy atom. The predicted octanol–water partition coefficient (Wildman–Crippen LogP) is 2.26. The first-order chi connectivity index (χ1) is 9.15. The fraction of sp³-hybridized carbons (Fsp3) is 1.00. The molecule has 19 heavy (non-hydrogen) atoms. The van der Waals surface area contributed by atoms with Gasteiger partial charge < -0.3 is 10.1 Å². The van der Waals surface area contributed by atoms with Gasteiger partial charge in [-0.1, -0.05) is 13.8 Å². The molecule has 0 bridgehead atoms. The molecular weight excluding hydrogens is 236 g/mol. The molecule has 2 heterocycles. The van der Waals surface area contributed by atoms with Crippen LogP contribution in [0.1, 0.15) is 46.5 Å². The molecule has 3 nitrogen and oxygen atoms in total. The molecule has 2 aliphatic heterocycles. The second-order valence-corrected chi connectivity index (χ2v) is 7.22. The summed E-state index contributed by atoms with van der Waals surface area (Å²) in [6.45, 7) is 10.4. The average Bonchev–Trinajstić information content (AvgIpc) is 3.22. The Morgan fingerprint density at radius 1 is 1.21 bits per heavy atom. The number of hydrogen-bond donors (Lipinski definition) is 1. The number of hydrogen-bond acceptors (Lipinski definition) is 3. The summed E-state index contributed by atoms with van der Waals surface area (Å²) in [5.41, 5.74) is 0. The summed E-state index contributed by atoms with van der Waals surface area (Å²) in [4.78, 5) is 2.84. The zero-order chi connectivity index (χ0) is 13.4. The lowest BCUT2D eigenvalue weighted by atomic mass is 9.92. The summed E-state index contributed by atoms with van der Waals surface area (Å²) in [7, 11) is 0. The zero-order valence-corrected chi connectivity index (χ0v) is 12.8. The van der Waals surface area contributed by atoms with Gasteiger partial charge in [0, 0.05) is 37.8 Å². The molecule has 1 aliphatic carbocycles. The molecule has 1 N–H and O–H groups in total. The Labute approximate surface area is 118 Å². The summed E-state index contributed by atoms with van der Waals surface area (Å²) in [6.07, 6.45) is 5.79. The molecule has 4 atom stereocenters. The summed E-state index contributed by atoms with van der Waals surface area (Å²) in [6, 6.07) is 2.22. The fourth-order valence-electron chi connectivity index (χ4n) is 3.94. The smallest absolute Gasteiger partial charge is 0.0561 e.